The van der Waals surface area contributed by atoms with Crippen LogP contribution in [0, 0.1) is 5.82 Å². The monoisotopic (exact) mass is 366 g/mol. The number of aromatic nitrogens is 1. The molecule has 0 saturated heterocycles. The quantitative estimate of drug-likeness (QED) is 0.745. The Morgan fingerprint density at radius 1 is 1.21 bits per heavy atom. The number of rotatable bonds is 5. The first-order valence-electron chi connectivity index (χ1n) is 7.10. The average Bonchev–Trinajstić information content (AvgIpc) is 3.15. The lowest BCUT2D eigenvalue weighted by Crippen LogP contribution is -2.25. The lowest BCUT2D eigenvalue weighted by molar-refractivity contribution is 0.567. The summed E-state index contributed by atoms with van der Waals surface area (Å²) >= 11 is 1.50. The third kappa shape index (κ3) is 3.72. The van der Waals surface area contributed by atoms with Crippen molar-refractivity contribution in [3.8, 4) is 22.8 Å². The van der Waals surface area contributed by atoms with Gasteiger partial charge in [0.1, 0.15) is 11.5 Å². The summed E-state index contributed by atoms with van der Waals surface area (Å²) in [5.74, 6) is 0.461. The van der Waals surface area contributed by atoms with Gasteiger partial charge in [-0.25, -0.2) is 22.5 Å². The van der Waals surface area contributed by atoms with Crippen LogP contribution in [0.3, 0.4) is 0 Å². The van der Waals surface area contributed by atoms with E-state index in [1.807, 2.05) is 16.8 Å². The van der Waals surface area contributed by atoms with Gasteiger partial charge in [0.05, 0.1) is 12.3 Å². The van der Waals surface area contributed by atoms with E-state index in [0.717, 1.165) is 11.8 Å². The van der Waals surface area contributed by atoms with E-state index in [-0.39, 0.29) is 5.82 Å². The molecule has 0 bridgehead atoms. The number of halogens is 1. The Hall–Kier alpha value is -2.03. The summed E-state index contributed by atoms with van der Waals surface area (Å²) in [4.78, 5) is 4.44. The van der Waals surface area contributed by atoms with Gasteiger partial charge in [0, 0.05) is 16.5 Å². The van der Waals surface area contributed by atoms with E-state index in [9.17, 15) is 12.8 Å². The highest BCUT2D eigenvalue weighted by atomic mass is 32.2. The minimum absolute atomic E-state index is 0.313. The molecule has 8 heteroatoms. The van der Waals surface area contributed by atoms with Gasteiger partial charge in [-0.15, -0.1) is 0 Å². The second-order valence-electron chi connectivity index (χ2n) is 5.36. The van der Waals surface area contributed by atoms with Gasteiger partial charge < -0.3 is 4.42 Å². The van der Waals surface area contributed by atoms with Gasteiger partial charge in [0.15, 0.2) is 5.76 Å². The van der Waals surface area contributed by atoms with Crippen LogP contribution in [0.4, 0.5) is 4.39 Å². The summed E-state index contributed by atoms with van der Waals surface area (Å²) in [6, 6.07) is 7.08. The summed E-state index contributed by atoms with van der Waals surface area (Å²) in [6.07, 6.45) is 1.09. The van der Waals surface area contributed by atoms with Crippen molar-refractivity contribution in [3.05, 3.63) is 52.6 Å². The molecule has 1 aromatic carbocycles. The van der Waals surface area contributed by atoms with Crippen molar-refractivity contribution in [2.45, 2.75) is 13.0 Å². The van der Waals surface area contributed by atoms with Crippen molar-refractivity contribution in [1.82, 2.24) is 9.71 Å². The normalized spacial score (nSPS) is 13.1. The lowest BCUT2D eigenvalue weighted by Gasteiger charge is -2.10. The molecular formula is C16H15FN2O3S2. The van der Waals surface area contributed by atoms with E-state index >= 15 is 0 Å². The fourth-order valence-corrected chi connectivity index (χ4v) is 3.71. The molecule has 0 radical (unpaired) electrons. The Labute approximate surface area is 143 Å². The average molecular weight is 366 g/mol. The zero-order valence-electron chi connectivity index (χ0n) is 13.0. The molecule has 0 fully saturated rings. The molecular weight excluding hydrogens is 351 g/mol. The van der Waals surface area contributed by atoms with E-state index in [2.05, 4.69) is 9.71 Å². The Morgan fingerprint density at radius 3 is 2.50 bits per heavy atom. The van der Waals surface area contributed by atoms with E-state index < -0.39 is 16.1 Å². The van der Waals surface area contributed by atoms with Crippen LogP contribution < -0.4 is 4.72 Å². The molecule has 1 atom stereocenters. The summed E-state index contributed by atoms with van der Waals surface area (Å²) in [5, 5.41) is 3.79. The third-order valence-electron chi connectivity index (χ3n) is 3.33. The van der Waals surface area contributed by atoms with Crippen LogP contribution in [0.15, 0.2) is 45.5 Å². The molecule has 126 valence electrons. The number of thiophene rings is 1. The summed E-state index contributed by atoms with van der Waals surface area (Å²) in [5.41, 5.74) is 1.92. The molecule has 0 amide bonds. The van der Waals surface area contributed by atoms with Gasteiger partial charge in [0.25, 0.3) is 0 Å². The second kappa shape index (κ2) is 6.46. The topological polar surface area (TPSA) is 72.2 Å². The van der Waals surface area contributed by atoms with Gasteiger partial charge in [0.2, 0.25) is 15.9 Å². The highest BCUT2D eigenvalue weighted by Crippen LogP contribution is 2.34. The lowest BCUT2D eigenvalue weighted by atomic mass is 10.1. The minimum atomic E-state index is -3.40. The van der Waals surface area contributed by atoms with E-state index in [1.165, 1.54) is 23.5 Å². The molecule has 2 heterocycles. The number of hydrogen-bond acceptors (Lipinski definition) is 5. The van der Waals surface area contributed by atoms with E-state index in [0.29, 0.717) is 22.9 Å². The van der Waals surface area contributed by atoms with Crippen molar-refractivity contribution in [3.63, 3.8) is 0 Å². The highest BCUT2D eigenvalue weighted by molar-refractivity contribution is 7.88. The zero-order valence-corrected chi connectivity index (χ0v) is 14.6. The van der Waals surface area contributed by atoms with Crippen LogP contribution in [-0.2, 0) is 10.0 Å². The molecule has 3 rings (SSSR count). The van der Waals surface area contributed by atoms with Gasteiger partial charge in [-0.3, -0.25) is 0 Å². The molecule has 1 unspecified atom stereocenters. The molecule has 0 saturated carbocycles. The van der Waals surface area contributed by atoms with Crippen LogP contribution >= 0.6 is 11.3 Å². The van der Waals surface area contributed by atoms with Crippen molar-refractivity contribution in [2.75, 3.05) is 6.26 Å². The molecule has 0 aliphatic rings. The second-order valence-corrected chi connectivity index (χ2v) is 7.92. The van der Waals surface area contributed by atoms with Crippen LogP contribution in [0.2, 0.25) is 0 Å². The number of hydrogen-bond donors (Lipinski definition) is 1. The maximum absolute atomic E-state index is 13.1. The van der Waals surface area contributed by atoms with Gasteiger partial charge in [-0.2, -0.15) is 11.3 Å². The van der Waals surface area contributed by atoms with E-state index in [1.54, 1.807) is 19.1 Å². The summed E-state index contributed by atoms with van der Waals surface area (Å²) < 4.78 is 44.5. The third-order valence-corrected chi connectivity index (χ3v) is 4.79. The molecule has 1 N–H and O–H groups in total. The van der Waals surface area contributed by atoms with Crippen LogP contribution in [-0.4, -0.2) is 19.7 Å². The molecule has 2 aromatic heterocycles. The predicted octanol–water partition coefficient (Wildman–Crippen LogP) is 3.82. The molecule has 3 aromatic rings. The maximum atomic E-state index is 13.1. The first-order valence-corrected chi connectivity index (χ1v) is 9.93. The van der Waals surface area contributed by atoms with Gasteiger partial charge >= 0.3 is 0 Å². The Morgan fingerprint density at radius 2 is 1.92 bits per heavy atom. The fourth-order valence-electron chi connectivity index (χ4n) is 2.32. The summed E-state index contributed by atoms with van der Waals surface area (Å²) in [6.45, 7) is 1.70. The van der Waals surface area contributed by atoms with Gasteiger partial charge in [-0.1, -0.05) is 0 Å². The summed E-state index contributed by atoms with van der Waals surface area (Å²) in [7, 11) is -3.40. The number of sulfonamides is 1. The Kier molecular flexibility index (Phi) is 4.53. The van der Waals surface area contributed by atoms with Gasteiger partial charge in [-0.05, 0) is 42.6 Å². The van der Waals surface area contributed by atoms with Crippen molar-refractivity contribution < 1.29 is 17.2 Å². The van der Waals surface area contributed by atoms with Crippen molar-refractivity contribution in [2.24, 2.45) is 0 Å². The molecule has 24 heavy (non-hydrogen) atoms. The van der Waals surface area contributed by atoms with Crippen molar-refractivity contribution >= 4 is 21.4 Å². The molecule has 0 aliphatic heterocycles. The van der Waals surface area contributed by atoms with Crippen molar-refractivity contribution in [1.29, 1.82) is 0 Å². The minimum Gasteiger partial charge on any atom is -0.436 e. The smallest absolute Gasteiger partial charge is 0.227 e. The Balaban J connectivity index is 2.07. The number of nitrogens with zero attached hydrogens (tertiary/aromatic N) is 1. The zero-order chi connectivity index (χ0) is 17.3. The highest BCUT2D eigenvalue weighted by Gasteiger charge is 2.23. The molecule has 5 nitrogen and oxygen atoms in total. The number of oxazole rings is 1. The first-order chi connectivity index (χ1) is 11.3. The predicted molar refractivity (Wildman–Crippen MR) is 91.6 cm³/mol. The SMILES string of the molecule is CC(NS(C)(=O)=O)c1nc(-c2ccc(F)cc2)oc1-c1ccsc1. The van der Waals surface area contributed by atoms with Crippen LogP contribution in [0.25, 0.3) is 22.8 Å². The number of benzene rings is 1. The first kappa shape index (κ1) is 16.8. The standard InChI is InChI=1S/C16H15FN2O3S2/c1-10(19-24(2,20)21)14-15(12-7-8-23-9-12)22-16(18-14)11-3-5-13(17)6-4-11/h3-10,19H,1-2H3. The van der Waals surface area contributed by atoms with Crippen LogP contribution in [0.1, 0.15) is 18.7 Å². The van der Waals surface area contributed by atoms with E-state index in [4.69, 9.17) is 4.42 Å². The fraction of sp³-hybridized carbons (Fsp3) is 0.188. The Bertz CT molecular complexity index is 932. The maximum Gasteiger partial charge on any atom is 0.227 e. The molecule has 0 spiro atoms. The van der Waals surface area contributed by atoms with Crippen LogP contribution in [0.5, 0.6) is 0 Å². The number of nitrogens with one attached hydrogen (secondary N) is 1. The largest absolute Gasteiger partial charge is 0.436 e. The molecule has 0 aliphatic carbocycles.